The van der Waals surface area contributed by atoms with Crippen LogP contribution in [0, 0.1) is 12.8 Å². The van der Waals surface area contributed by atoms with Gasteiger partial charge in [-0.2, -0.15) is 0 Å². The Morgan fingerprint density at radius 3 is 2.78 bits per heavy atom. The number of hydrogen-bond acceptors (Lipinski definition) is 4. The molecule has 0 bridgehead atoms. The van der Waals surface area contributed by atoms with Crippen molar-refractivity contribution < 1.29 is 19.1 Å². The van der Waals surface area contributed by atoms with Gasteiger partial charge in [0, 0.05) is 12.5 Å². The third-order valence-electron chi connectivity index (χ3n) is 4.26. The zero-order valence-electron chi connectivity index (χ0n) is 13.1. The first-order valence-corrected chi connectivity index (χ1v) is 7.86. The predicted octanol–water partition coefficient (Wildman–Crippen LogP) is 2.54. The maximum absolute atomic E-state index is 11.9. The van der Waals surface area contributed by atoms with E-state index in [1.165, 1.54) is 11.8 Å². The third-order valence-corrected chi connectivity index (χ3v) is 4.26. The molecule has 23 heavy (non-hydrogen) atoms. The lowest BCUT2D eigenvalue weighted by Crippen LogP contribution is -2.37. The highest BCUT2D eigenvalue weighted by Crippen LogP contribution is 2.29. The van der Waals surface area contributed by atoms with E-state index in [2.05, 4.69) is 5.32 Å². The lowest BCUT2D eigenvalue weighted by Gasteiger charge is -2.21. The van der Waals surface area contributed by atoms with Crippen LogP contribution in [0.25, 0.3) is 0 Å². The molecule has 1 saturated carbocycles. The quantitative estimate of drug-likeness (QED) is 0.889. The van der Waals surface area contributed by atoms with Crippen molar-refractivity contribution in [2.45, 2.75) is 32.0 Å². The predicted molar refractivity (Wildman–Crippen MR) is 85.4 cm³/mol. The molecule has 1 aromatic heterocycles. The molecule has 0 spiro atoms. The average Bonchev–Trinajstić information content (AvgIpc) is 3.19. The van der Waals surface area contributed by atoms with Crippen LogP contribution in [0.5, 0.6) is 5.75 Å². The van der Waals surface area contributed by atoms with E-state index < -0.39 is 6.10 Å². The summed E-state index contributed by atoms with van der Waals surface area (Å²) < 4.78 is 10.9. The van der Waals surface area contributed by atoms with E-state index in [4.69, 9.17) is 9.15 Å². The summed E-state index contributed by atoms with van der Waals surface area (Å²) in [6.45, 7) is 2.43. The van der Waals surface area contributed by atoms with Crippen LogP contribution >= 0.6 is 0 Å². The normalized spacial score (nSPS) is 23.7. The molecule has 0 radical (unpaired) electrons. The van der Waals surface area contributed by atoms with Crippen molar-refractivity contribution in [1.82, 2.24) is 5.32 Å². The van der Waals surface area contributed by atoms with Crippen molar-refractivity contribution in [1.29, 1.82) is 0 Å². The van der Waals surface area contributed by atoms with Gasteiger partial charge in [-0.3, -0.25) is 4.79 Å². The zero-order valence-corrected chi connectivity index (χ0v) is 13.1. The number of carbonyl (C=O) groups is 1. The molecule has 3 rings (SSSR count). The second kappa shape index (κ2) is 6.87. The minimum atomic E-state index is -0.590. The summed E-state index contributed by atoms with van der Waals surface area (Å²) in [5, 5.41) is 13.2. The van der Waals surface area contributed by atoms with E-state index in [1.54, 1.807) is 12.1 Å². The van der Waals surface area contributed by atoms with E-state index >= 15 is 0 Å². The van der Waals surface area contributed by atoms with Crippen LogP contribution < -0.4 is 10.1 Å². The van der Waals surface area contributed by atoms with Crippen LogP contribution in [0.2, 0.25) is 0 Å². The number of aliphatic hydroxyl groups is 1. The Morgan fingerprint density at radius 1 is 1.30 bits per heavy atom. The number of ether oxygens (including phenoxy) is 1. The van der Waals surface area contributed by atoms with Gasteiger partial charge in [-0.1, -0.05) is 17.7 Å². The topological polar surface area (TPSA) is 71.7 Å². The Balaban J connectivity index is 1.51. The fourth-order valence-corrected chi connectivity index (χ4v) is 2.89. The second-order valence-corrected chi connectivity index (χ2v) is 5.98. The van der Waals surface area contributed by atoms with Gasteiger partial charge in [0.05, 0.1) is 12.4 Å². The smallest absolute Gasteiger partial charge is 0.286 e. The van der Waals surface area contributed by atoms with Gasteiger partial charge in [-0.15, -0.1) is 0 Å². The van der Waals surface area contributed by atoms with Crippen molar-refractivity contribution in [2.75, 3.05) is 6.54 Å². The van der Waals surface area contributed by atoms with E-state index in [0.29, 0.717) is 6.54 Å². The fraction of sp³-hybridized carbons (Fsp3) is 0.389. The number of rotatable bonds is 5. The third kappa shape index (κ3) is 3.74. The molecule has 1 aliphatic rings. The van der Waals surface area contributed by atoms with Gasteiger partial charge in [-0.05, 0) is 44.0 Å². The number of carbonyl (C=O) groups excluding carboxylic acids is 1. The van der Waals surface area contributed by atoms with Gasteiger partial charge in [0.15, 0.2) is 5.76 Å². The van der Waals surface area contributed by atoms with Crippen LogP contribution in [0.1, 0.15) is 29.0 Å². The molecule has 1 amide bonds. The molecule has 3 atom stereocenters. The lowest BCUT2D eigenvalue weighted by molar-refractivity contribution is 0.0347. The molecule has 0 saturated heterocycles. The largest absolute Gasteiger partial charge is 0.488 e. The van der Waals surface area contributed by atoms with Gasteiger partial charge in [-0.25, -0.2) is 0 Å². The number of furan rings is 1. The van der Waals surface area contributed by atoms with Crippen molar-refractivity contribution >= 4 is 5.91 Å². The molecule has 0 aliphatic heterocycles. The number of amides is 1. The van der Waals surface area contributed by atoms with E-state index in [1.807, 2.05) is 31.2 Å². The summed E-state index contributed by atoms with van der Waals surface area (Å²) in [6, 6.07) is 11.1. The standard InChI is InChI=1S/C18H21NO4/c1-12-4-7-14(8-5-12)23-15-9-6-13(17(15)20)11-19-18(21)16-3-2-10-22-16/h2-5,7-8,10,13,15,17,20H,6,9,11H2,1H3,(H,19,21)/t13-,15-,17-/m1/s1. The molecule has 0 unspecified atom stereocenters. The Morgan fingerprint density at radius 2 is 2.09 bits per heavy atom. The monoisotopic (exact) mass is 315 g/mol. The van der Waals surface area contributed by atoms with Crippen molar-refractivity contribution in [3.05, 3.63) is 54.0 Å². The molecule has 122 valence electrons. The van der Waals surface area contributed by atoms with Gasteiger partial charge in [0.1, 0.15) is 11.9 Å². The maximum atomic E-state index is 11.9. The first-order chi connectivity index (χ1) is 11.1. The average molecular weight is 315 g/mol. The number of aryl methyl sites for hydroxylation is 1. The highest BCUT2D eigenvalue weighted by molar-refractivity contribution is 5.91. The number of hydrogen-bond donors (Lipinski definition) is 2. The fourth-order valence-electron chi connectivity index (χ4n) is 2.89. The summed E-state index contributed by atoms with van der Waals surface area (Å²) in [6.07, 6.45) is 2.23. The zero-order chi connectivity index (χ0) is 16.2. The van der Waals surface area contributed by atoms with E-state index in [0.717, 1.165) is 18.6 Å². The Hall–Kier alpha value is -2.27. The molecule has 2 N–H and O–H groups in total. The minimum Gasteiger partial charge on any atom is -0.488 e. The van der Waals surface area contributed by atoms with Gasteiger partial charge in [0.2, 0.25) is 0 Å². The highest BCUT2D eigenvalue weighted by atomic mass is 16.5. The summed E-state index contributed by atoms with van der Waals surface area (Å²) >= 11 is 0. The van der Waals surface area contributed by atoms with Crippen molar-refractivity contribution in [2.24, 2.45) is 5.92 Å². The van der Waals surface area contributed by atoms with Crippen LogP contribution in [-0.4, -0.2) is 29.8 Å². The molecule has 5 heteroatoms. The van der Waals surface area contributed by atoms with Gasteiger partial charge < -0.3 is 19.6 Å². The van der Waals surface area contributed by atoms with Crippen molar-refractivity contribution in [3.63, 3.8) is 0 Å². The Kier molecular flexibility index (Phi) is 4.67. The van der Waals surface area contributed by atoms with Crippen LogP contribution in [0.4, 0.5) is 0 Å². The maximum Gasteiger partial charge on any atom is 0.286 e. The highest BCUT2D eigenvalue weighted by Gasteiger charge is 2.36. The number of nitrogens with one attached hydrogen (secondary N) is 1. The van der Waals surface area contributed by atoms with Crippen LogP contribution in [-0.2, 0) is 0 Å². The molecular formula is C18H21NO4. The Labute approximate surface area is 135 Å². The van der Waals surface area contributed by atoms with E-state index in [-0.39, 0.29) is 23.7 Å². The molecule has 1 aliphatic carbocycles. The van der Waals surface area contributed by atoms with Crippen LogP contribution in [0.3, 0.4) is 0 Å². The molecule has 1 heterocycles. The molecular weight excluding hydrogens is 294 g/mol. The molecule has 1 aromatic carbocycles. The summed E-state index contributed by atoms with van der Waals surface area (Å²) in [5.74, 6) is 0.777. The Bertz CT molecular complexity index is 636. The SMILES string of the molecule is Cc1ccc(O[C@@H]2CC[C@H](CNC(=O)c3ccco3)[C@H]2O)cc1. The minimum absolute atomic E-state index is 0.00985. The summed E-state index contributed by atoms with van der Waals surface area (Å²) in [7, 11) is 0. The van der Waals surface area contributed by atoms with Crippen molar-refractivity contribution in [3.8, 4) is 5.75 Å². The summed E-state index contributed by atoms with van der Waals surface area (Å²) in [4.78, 5) is 11.9. The van der Waals surface area contributed by atoms with Crippen LogP contribution in [0.15, 0.2) is 47.1 Å². The lowest BCUT2D eigenvalue weighted by atomic mass is 10.1. The first-order valence-electron chi connectivity index (χ1n) is 7.86. The number of aliphatic hydroxyl groups excluding tert-OH is 1. The van der Waals surface area contributed by atoms with Gasteiger partial charge >= 0.3 is 0 Å². The first kappa shape index (κ1) is 15.6. The molecule has 2 aromatic rings. The summed E-state index contributed by atoms with van der Waals surface area (Å²) in [5.41, 5.74) is 1.17. The molecule has 1 fully saturated rings. The second-order valence-electron chi connectivity index (χ2n) is 5.98. The van der Waals surface area contributed by atoms with E-state index in [9.17, 15) is 9.90 Å². The number of benzene rings is 1. The molecule has 5 nitrogen and oxygen atoms in total. The van der Waals surface area contributed by atoms with Gasteiger partial charge in [0.25, 0.3) is 5.91 Å².